The number of aromatic nitrogens is 1. The Morgan fingerprint density at radius 2 is 2.14 bits per heavy atom. The fourth-order valence-electron chi connectivity index (χ4n) is 3.32. The number of pyridine rings is 1. The van der Waals surface area contributed by atoms with Crippen molar-refractivity contribution in [2.24, 2.45) is 0 Å². The van der Waals surface area contributed by atoms with E-state index in [0.717, 1.165) is 5.56 Å². The van der Waals surface area contributed by atoms with Crippen LogP contribution in [0, 0.1) is 17.0 Å². The summed E-state index contributed by atoms with van der Waals surface area (Å²) in [5.74, 6) is 5.11. The molecule has 4 rings (SSSR count). The topological polar surface area (TPSA) is 115 Å². The number of imide groups is 1. The summed E-state index contributed by atoms with van der Waals surface area (Å²) in [5.41, 5.74) is 0.0194. The highest BCUT2D eigenvalue weighted by molar-refractivity contribution is 6.10. The molecule has 1 saturated heterocycles. The maximum absolute atomic E-state index is 12.8. The Bertz CT molecular complexity index is 1100. The molecule has 1 fully saturated rings. The van der Waals surface area contributed by atoms with Crippen LogP contribution in [0.25, 0.3) is 0 Å². The molecular formula is C20H16N4O5. The molecule has 0 bridgehead atoms. The summed E-state index contributed by atoms with van der Waals surface area (Å²) < 4.78 is 5.74. The SMILES string of the molecule is COc1ccc2c(c1)C(=O)N(C[C@@]1(C#Cc3ccc[n+]([O-])c3)NC(=O)NC1=O)C2. The van der Waals surface area contributed by atoms with E-state index in [1.54, 1.807) is 24.3 Å². The maximum Gasteiger partial charge on any atom is 0.323 e. The lowest BCUT2D eigenvalue weighted by Gasteiger charge is -2.26. The van der Waals surface area contributed by atoms with Gasteiger partial charge in [-0.15, -0.1) is 0 Å². The smallest absolute Gasteiger partial charge is 0.323 e. The van der Waals surface area contributed by atoms with Crippen molar-refractivity contribution in [1.29, 1.82) is 0 Å². The molecule has 0 aliphatic carbocycles. The van der Waals surface area contributed by atoms with Gasteiger partial charge in [0.15, 0.2) is 12.4 Å². The summed E-state index contributed by atoms with van der Waals surface area (Å²) >= 11 is 0. The van der Waals surface area contributed by atoms with E-state index in [1.165, 1.54) is 30.5 Å². The Morgan fingerprint density at radius 3 is 2.83 bits per heavy atom. The predicted octanol–water partition coefficient (Wildman–Crippen LogP) is -0.0857. The van der Waals surface area contributed by atoms with Crippen molar-refractivity contribution in [3.05, 3.63) is 64.6 Å². The van der Waals surface area contributed by atoms with Gasteiger partial charge in [0, 0.05) is 18.2 Å². The van der Waals surface area contributed by atoms with Crippen molar-refractivity contribution in [2.45, 2.75) is 12.1 Å². The third kappa shape index (κ3) is 3.32. The van der Waals surface area contributed by atoms with Crippen molar-refractivity contribution >= 4 is 17.8 Å². The van der Waals surface area contributed by atoms with Crippen molar-refractivity contribution < 1.29 is 23.9 Å². The average molecular weight is 392 g/mol. The molecule has 1 aromatic carbocycles. The standard InChI is InChI=1S/C20H16N4O5/c1-29-15-5-4-14-11-23(17(25)16(14)9-15)12-20(18(26)21-19(27)22-20)7-6-13-3-2-8-24(28)10-13/h2-5,8-10H,11-12H2,1H3,(H2,21,22,26,27)/t20-/m1/s1. The van der Waals surface area contributed by atoms with Gasteiger partial charge in [-0.3, -0.25) is 14.9 Å². The number of carbonyl (C=O) groups excluding carboxylic acids is 3. The van der Waals surface area contributed by atoms with E-state index < -0.39 is 17.5 Å². The van der Waals surface area contributed by atoms with Crippen LogP contribution in [0.4, 0.5) is 4.79 Å². The highest BCUT2D eigenvalue weighted by atomic mass is 16.5. The second kappa shape index (κ2) is 6.83. The predicted molar refractivity (Wildman–Crippen MR) is 99.4 cm³/mol. The summed E-state index contributed by atoms with van der Waals surface area (Å²) in [5, 5.41) is 16.1. The average Bonchev–Trinajstić information content (AvgIpc) is 3.15. The van der Waals surface area contributed by atoms with Crippen LogP contribution in [-0.2, 0) is 11.3 Å². The number of methoxy groups -OCH3 is 1. The minimum atomic E-state index is -1.62. The number of benzene rings is 1. The molecule has 0 spiro atoms. The van der Waals surface area contributed by atoms with Gasteiger partial charge >= 0.3 is 6.03 Å². The van der Waals surface area contributed by atoms with Gasteiger partial charge in [0.2, 0.25) is 5.54 Å². The number of hydrogen-bond acceptors (Lipinski definition) is 5. The number of carbonyl (C=O) groups is 3. The molecule has 9 heteroatoms. The number of rotatable bonds is 3. The zero-order valence-corrected chi connectivity index (χ0v) is 15.4. The van der Waals surface area contributed by atoms with E-state index in [0.29, 0.717) is 21.6 Å². The summed E-state index contributed by atoms with van der Waals surface area (Å²) in [6, 6.07) is 7.61. The molecule has 0 saturated carbocycles. The zero-order chi connectivity index (χ0) is 20.6. The molecule has 4 amide bonds. The zero-order valence-electron chi connectivity index (χ0n) is 15.4. The van der Waals surface area contributed by atoms with Gasteiger partial charge in [-0.05, 0) is 23.8 Å². The van der Waals surface area contributed by atoms with E-state index in [2.05, 4.69) is 22.5 Å². The van der Waals surface area contributed by atoms with Crippen molar-refractivity contribution in [3.63, 3.8) is 0 Å². The van der Waals surface area contributed by atoms with E-state index in [4.69, 9.17) is 4.74 Å². The molecule has 9 nitrogen and oxygen atoms in total. The van der Waals surface area contributed by atoms with Gasteiger partial charge in [0.1, 0.15) is 5.75 Å². The van der Waals surface area contributed by atoms with Gasteiger partial charge < -0.3 is 20.2 Å². The molecule has 3 heterocycles. The van der Waals surface area contributed by atoms with E-state index >= 15 is 0 Å². The number of urea groups is 1. The molecular weight excluding hydrogens is 376 g/mol. The van der Waals surface area contributed by atoms with Crippen molar-refractivity contribution in [2.75, 3.05) is 13.7 Å². The number of ether oxygens (including phenoxy) is 1. The molecule has 2 aliphatic rings. The number of nitrogens with zero attached hydrogens (tertiary/aromatic N) is 2. The third-order valence-electron chi connectivity index (χ3n) is 4.76. The number of hydrogen-bond donors (Lipinski definition) is 2. The first-order valence-electron chi connectivity index (χ1n) is 8.72. The molecule has 146 valence electrons. The first-order chi connectivity index (χ1) is 13.9. The number of nitrogens with one attached hydrogen (secondary N) is 2. The summed E-state index contributed by atoms with van der Waals surface area (Å²) in [6.07, 6.45) is 2.55. The van der Waals surface area contributed by atoms with Crippen LogP contribution in [0.3, 0.4) is 0 Å². The molecule has 2 aromatic rings. The normalized spacial score (nSPS) is 19.9. The highest BCUT2D eigenvalue weighted by Gasteiger charge is 2.48. The summed E-state index contributed by atoms with van der Waals surface area (Å²) in [4.78, 5) is 38.6. The van der Waals surface area contributed by atoms with Crippen molar-refractivity contribution in [1.82, 2.24) is 15.5 Å². The van der Waals surface area contributed by atoms with Gasteiger partial charge in [-0.25, -0.2) is 4.79 Å². The summed E-state index contributed by atoms with van der Waals surface area (Å²) in [7, 11) is 1.51. The second-order valence-corrected chi connectivity index (χ2v) is 6.70. The lowest BCUT2D eigenvalue weighted by Crippen LogP contribution is -2.54. The number of amides is 4. The minimum absolute atomic E-state index is 0.141. The first kappa shape index (κ1) is 18.3. The molecule has 2 aliphatic heterocycles. The van der Waals surface area contributed by atoms with Crippen LogP contribution in [0.5, 0.6) is 5.75 Å². The maximum atomic E-state index is 12.8. The Morgan fingerprint density at radius 1 is 1.31 bits per heavy atom. The van der Waals surface area contributed by atoms with Crippen LogP contribution >= 0.6 is 0 Å². The van der Waals surface area contributed by atoms with Crippen molar-refractivity contribution in [3.8, 4) is 17.6 Å². The highest BCUT2D eigenvalue weighted by Crippen LogP contribution is 2.28. The molecule has 0 unspecified atom stereocenters. The van der Waals surface area contributed by atoms with Crippen LogP contribution in [0.2, 0.25) is 0 Å². The van der Waals surface area contributed by atoms with Gasteiger partial charge in [0.25, 0.3) is 11.8 Å². The second-order valence-electron chi connectivity index (χ2n) is 6.70. The molecule has 0 radical (unpaired) electrons. The molecule has 1 aromatic heterocycles. The van der Waals surface area contributed by atoms with Crippen LogP contribution in [-0.4, -0.2) is 41.9 Å². The fourth-order valence-corrected chi connectivity index (χ4v) is 3.32. The molecule has 1 atom stereocenters. The van der Waals surface area contributed by atoms with Gasteiger partial charge in [-0.1, -0.05) is 17.9 Å². The fraction of sp³-hybridized carbons (Fsp3) is 0.200. The van der Waals surface area contributed by atoms with E-state index in [-0.39, 0.29) is 19.0 Å². The Hall–Kier alpha value is -4.06. The quantitative estimate of drug-likeness (QED) is 0.328. The largest absolute Gasteiger partial charge is 0.619 e. The minimum Gasteiger partial charge on any atom is -0.619 e. The van der Waals surface area contributed by atoms with Crippen LogP contribution < -0.4 is 20.1 Å². The molecule has 29 heavy (non-hydrogen) atoms. The third-order valence-corrected chi connectivity index (χ3v) is 4.76. The first-order valence-corrected chi connectivity index (χ1v) is 8.72. The van der Waals surface area contributed by atoms with E-state index in [9.17, 15) is 19.6 Å². The van der Waals surface area contributed by atoms with E-state index in [1.807, 2.05) is 0 Å². The Balaban J connectivity index is 1.65. The van der Waals surface area contributed by atoms with Crippen LogP contribution in [0.15, 0.2) is 42.7 Å². The molecule has 2 N–H and O–H groups in total. The van der Waals surface area contributed by atoms with Crippen LogP contribution in [0.1, 0.15) is 21.5 Å². The monoisotopic (exact) mass is 392 g/mol. The number of fused-ring (bicyclic) bond motifs is 1. The Kier molecular flexibility index (Phi) is 4.31. The lowest BCUT2D eigenvalue weighted by atomic mass is 9.99. The van der Waals surface area contributed by atoms with Gasteiger partial charge in [-0.2, -0.15) is 4.73 Å². The summed E-state index contributed by atoms with van der Waals surface area (Å²) in [6.45, 7) is 0.133. The Labute approximate surface area is 165 Å². The van der Waals surface area contributed by atoms with Gasteiger partial charge in [0.05, 0.1) is 19.2 Å². The lowest BCUT2D eigenvalue weighted by molar-refractivity contribution is -0.605.